The highest BCUT2D eigenvalue weighted by molar-refractivity contribution is 7.09. The summed E-state index contributed by atoms with van der Waals surface area (Å²) in [6.45, 7) is 7.91. The average molecular weight is 210 g/mol. The molecule has 0 aliphatic carbocycles. The van der Waals surface area contributed by atoms with Gasteiger partial charge in [-0.2, -0.15) is 0 Å². The first-order valence-corrected chi connectivity index (χ1v) is 6.25. The molecule has 1 aliphatic heterocycles. The Morgan fingerprint density at radius 2 is 2.43 bits per heavy atom. The Balaban J connectivity index is 2.16. The maximum atomic E-state index is 4.65. The lowest BCUT2D eigenvalue weighted by molar-refractivity contribution is 0.0961. The summed E-state index contributed by atoms with van der Waals surface area (Å²) in [5, 5.41) is 6.95. The Labute approximate surface area is 89.8 Å². The van der Waals surface area contributed by atoms with E-state index in [0.29, 0.717) is 11.5 Å². The van der Waals surface area contributed by atoms with Gasteiger partial charge in [-0.1, -0.05) is 20.8 Å². The minimum atomic E-state index is 0.430. The van der Waals surface area contributed by atoms with Crippen molar-refractivity contribution >= 4 is 11.3 Å². The summed E-state index contributed by atoms with van der Waals surface area (Å²) in [5.41, 5.74) is 1.68. The Morgan fingerprint density at radius 1 is 1.64 bits per heavy atom. The van der Waals surface area contributed by atoms with Gasteiger partial charge in [0, 0.05) is 17.3 Å². The molecule has 2 heterocycles. The highest BCUT2D eigenvalue weighted by Gasteiger charge is 2.42. The van der Waals surface area contributed by atoms with Crippen molar-refractivity contribution in [2.75, 3.05) is 6.54 Å². The second-order valence-corrected chi connectivity index (χ2v) is 5.28. The first-order valence-electron chi connectivity index (χ1n) is 5.37. The summed E-state index contributed by atoms with van der Waals surface area (Å²) in [6.07, 6.45) is 2.28. The maximum Gasteiger partial charge on any atom is 0.0926 e. The Bertz CT molecular complexity index is 317. The van der Waals surface area contributed by atoms with Crippen molar-refractivity contribution in [1.82, 2.24) is 10.3 Å². The van der Waals surface area contributed by atoms with Gasteiger partial charge in [0.2, 0.25) is 0 Å². The first kappa shape index (κ1) is 10.1. The van der Waals surface area contributed by atoms with E-state index < -0.39 is 0 Å². The molecule has 1 N–H and O–H groups in total. The lowest BCUT2D eigenvalue weighted by Gasteiger charge is -2.47. The van der Waals surface area contributed by atoms with Gasteiger partial charge in [0.1, 0.15) is 0 Å². The monoisotopic (exact) mass is 210 g/mol. The number of aryl methyl sites for hydroxylation is 1. The number of nitrogens with one attached hydrogen (secondary N) is 1. The van der Waals surface area contributed by atoms with Gasteiger partial charge in [0.15, 0.2) is 0 Å². The van der Waals surface area contributed by atoms with E-state index in [1.165, 1.54) is 17.1 Å². The molecule has 0 saturated carbocycles. The van der Waals surface area contributed by atoms with Gasteiger partial charge in [-0.3, -0.25) is 0 Å². The van der Waals surface area contributed by atoms with Crippen molar-refractivity contribution in [1.29, 1.82) is 0 Å². The number of thiazole rings is 1. The van der Waals surface area contributed by atoms with Gasteiger partial charge in [-0.15, -0.1) is 11.3 Å². The van der Waals surface area contributed by atoms with Crippen LogP contribution in [-0.2, 0) is 6.42 Å². The van der Waals surface area contributed by atoms with E-state index in [4.69, 9.17) is 0 Å². The number of hydrogen-bond acceptors (Lipinski definition) is 3. The van der Waals surface area contributed by atoms with Crippen LogP contribution in [0.2, 0.25) is 0 Å². The number of hydrogen-bond donors (Lipinski definition) is 1. The summed E-state index contributed by atoms with van der Waals surface area (Å²) in [5.74, 6) is 0. The highest BCUT2D eigenvalue weighted by atomic mass is 32.1. The van der Waals surface area contributed by atoms with E-state index in [0.717, 1.165) is 13.0 Å². The zero-order valence-electron chi connectivity index (χ0n) is 9.13. The minimum Gasteiger partial charge on any atom is -0.307 e. The van der Waals surface area contributed by atoms with E-state index in [2.05, 4.69) is 36.5 Å². The second kappa shape index (κ2) is 3.63. The molecule has 2 unspecified atom stereocenters. The predicted octanol–water partition coefficient (Wildman–Crippen LogP) is 2.77. The molecule has 0 bridgehead atoms. The summed E-state index contributed by atoms with van der Waals surface area (Å²) in [6, 6.07) is 0.490. The zero-order valence-corrected chi connectivity index (χ0v) is 9.95. The molecule has 0 aromatic carbocycles. The molecule has 2 atom stereocenters. The fraction of sp³-hybridized carbons (Fsp3) is 0.727. The van der Waals surface area contributed by atoms with Crippen molar-refractivity contribution in [2.45, 2.75) is 39.7 Å². The van der Waals surface area contributed by atoms with Gasteiger partial charge < -0.3 is 5.32 Å². The van der Waals surface area contributed by atoms with Crippen molar-refractivity contribution in [3.63, 3.8) is 0 Å². The third-order valence-corrected chi connectivity index (χ3v) is 4.39. The van der Waals surface area contributed by atoms with Crippen LogP contribution in [0, 0.1) is 5.41 Å². The predicted molar refractivity (Wildman–Crippen MR) is 60.6 cm³/mol. The molecule has 0 spiro atoms. The SMILES string of the molecule is CCc1nc(C2NCC2(C)CC)cs1. The fourth-order valence-electron chi connectivity index (χ4n) is 1.96. The molecule has 1 aromatic heterocycles. The van der Waals surface area contributed by atoms with Crippen LogP contribution in [0.1, 0.15) is 43.9 Å². The van der Waals surface area contributed by atoms with Gasteiger partial charge in [0.25, 0.3) is 0 Å². The third-order valence-electron chi connectivity index (χ3n) is 3.38. The van der Waals surface area contributed by atoms with Crippen molar-refractivity contribution in [2.24, 2.45) is 5.41 Å². The molecule has 78 valence electrons. The Kier molecular flexibility index (Phi) is 2.62. The second-order valence-electron chi connectivity index (χ2n) is 4.34. The van der Waals surface area contributed by atoms with E-state index in [1.807, 2.05) is 0 Å². The largest absolute Gasteiger partial charge is 0.307 e. The summed E-state index contributed by atoms with van der Waals surface area (Å²) in [4.78, 5) is 4.65. The average Bonchev–Trinajstić information content (AvgIpc) is 2.63. The van der Waals surface area contributed by atoms with Crippen LogP contribution in [-0.4, -0.2) is 11.5 Å². The van der Waals surface area contributed by atoms with Gasteiger partial charge in [0.05, 0.1) is 16.7 Å². The van der Waals surface area contributed by atoms with Crippen molar-refractivity contribution in [3.05, 3.63) is 16.1 Å². The standard InChI is InChI=1S/C11H18N2S/c1-4-9-13-8(6-14-9)10-11(3,5-2)7-12-10/h6,10,12H,4-5,7H2,1-3H3. The van der Waals surface area contributed by atoms with E-state index in [1.54, 1.807) is 11.3 Å². The number of nitrogens with zero attached hydrogens (tertiary/aromatic N) is 1. The van der Waals surface area contributed by atoms with Crippen molar-refractivity contribution in [3.8, 4) is 0 Å². The van der Waals surface area contributed by atoms with E-state index in [-0.39, 0.29) is 0 Å². The quantitative estimate of drug-likeness (QED) is 0.830. The van der Waals surface area contributed by atoms with Crippen LogP contribution in [0.5, 0.6) is 0 Å². The van der Waals surface area contributed by atoms with Crippen LogP contribution in [0.3, 0.4) is 0 Å². The molecule has 2 rings (SSSR count). The zero-order chi connectivity index (χ0) is 10.2. The molecule has 2 nitrogen and oxygen atoms in total. The highest BCUT2D eigenvalue weighted by Crippen LogP contribution is 2.43. The van der Waals surface area contributed by atoms with E-state index in [9.17, 15) is 0 Å². The molecule has 1 saturated heterocycles. The van der Waals surface area contributed by atoms with Gasteiger partial charge in [-0.25, -0.2) is 4.98 Å². The Hall–Kier alpha value is -0.410. The minimum absolute atomic E-state index is 0.430. The smallest absolute Gasteiger partial charge is 0.0926 e. The topological polar surface area (TPSA) is 24.9 Å². The maximum absolute atomic E-state index is 4.65. The molecule has 3 heteroatoms. The molecule has 0 radical (unpaired) electrons. The summed E-state index contributed by atoms with van der Waals surface area (Å²) in [7, 11) is 0. The lowest BCUT2D eigenvalue weighted by Crippen LogP contribution is -2.54. The lowest BCUT2D eigenvalue weighted by atomic mass is 9.72. The van der Waals surface area contributed by atoms with Crippen LogP contribution < -0.4 is 5.32 Å². The van der Waals surface area contributed by atoms with Crippen molar-refractivity contribution < 1.29 is 0 Å². The molecular weight excluding hydrogens is 192 g/mol. The van der Waals surface area contributed by atoms with Crippen LogP contribution >= 0.6 is 11.3 Å². The normalized spacial score (nSPS) is 31.5. The summed E-state index contributed by atoms with van der Waals surface area (Å²) < 4.78 is 0. The van der Waals surface area contributed by atoms with Gasteiger partial charge in [-0.05, 0) is 12.8 Å². The molecule has 1 aliphatic rings. The fourth-order valence-corrected chi connectivity index (χ4v) is 2.73. The molecule has 1 fully saturated rings. The van der Waals surface area contributed by atoms with E-state index >= 15 is 0 Å². The van der Waals surface area contributed by atoms with Crippen LogP contribution in [0.15, 0.2) is 5.38 Å². The number of rotatable bonds is 3. The molecule has 0 amide bonds. The third kappa shape index (κ3) is 1.48. The molecule has 1 aromatic rings. The first-order chi connectivity index (χ1) is 6.69. The molecule has 14 heavy (non-hydrogen) atoms. The van der Waals surface area contributed by atoms with Crippen LogP contribution in [0.25, 0.3) is 0 Å². The molecular formula is C11H18N2S. The van der Waals surface area contributed by atoms with Gasteiger partial charge >= 0.3 is 0 Å². The van der Waals surface area contributed by atoms with Crippen LogP contribution in [0.4, 0.5) is 0 Å². The summed E-state index contributed by atoms with van der Waals surface area (Å²) >= 11 is 1.79. The number of aromatic nitrogens is 1. The Morgan fingerprint density at radius 3 is 2.86 bits per heavy atom.